The van der Waals surface area contributed by atoms with Crippen LogP contribution in [0.3, 0.4) is 0 Å². The third kappa shape index (κ3) is 10.5. The van der Waals surface area contributed by atoms with Crippen molar-refractivity contribution in [1.29, 1.82) is 0 Å². The minimum absolute atomic E-state index is 0. The second-order valence-corrected chi connectivity index (χ2v) is 11.2. The number of nitrogens with zero attached hydrogens (tertiary/aromatic N) is 4. The molecule has 2 amide bonds. The summed E-state index contributed by atoms with van der Waals surface area (Å²) < 4.78 is 0. The molecule has 9 nitrogen and oxygen atoms in total. The van der Waals surface area contributed by atoms with Crippen LogP contribution in [-0.2, 0) is 20.8 Å². The van der Waals surface area contributed by atoms with Gasteiger partial charge in [-0.15, -0.1) is 12.4 Å². The number of carbonyl (C=O) groups excluding carboxylic acids is 2. The van der Waals surface area contributed by atoms with Crippen LogP contribution in [0.4, 0.5) is 0 Å². The number of rotatable bonds is 13. The largest absolute Gasteiger partial charge is 0.399 e. The predicted octanol–water partition coefficient (Wildman–Crippen LogP) is 3.36. The summed E-state index contributed by atoms with van der Waals surface area (Å²) in [4.78, 5) is 35.9. The molecule has 3 atom stereocenters. The average Bonchev–Trinajstić information content (AvgIpc) is 3.36. The zero-order chi connectivity index (χ0) is 27.5. The molecule has 0 spiro atoms. The molecule has 0 radical (unpaired) electrons. The number of likely N-dealkylation sites (N-methyl/N-ethyl adjacent to an activating group) is 1. The van der Waals surface area contributed by atoms with Crippen LogP contribution in [0.15, 0.2) is 29.4 Å². The van der Waals surface area contributed by atoms with Crippen LogP contribution in [0.2, 0.25) is 5.02 Å². The van der Waals surface area contributed by atoms with Gasteiger partial charge in [-0.25, -0.2) is 5.01 Å². The van der Waals surface area contributed by atoms with Gasteiger partial charge in [0, 0.05) is 43.3 Å². The van der Waals surface area contributed by atoms with Crippen LogP contribution in [0.5, 0.6) is 0 Å². The van der Waals surface area contributed by atoms with Gasteiger partial charge in [0.05, 0.1) is 18.2 Å². The van der Waals surface area contributed by atoms with Crippen molar-refractivity contribution in [3.8, 4) is 0 Å². The van der Waals surface area contributed by atoms with Crippen LogP contribution >= 0.6 is 24.0 Å². The minimum atomic E-state index is -0.378. The van der Waals surface area contributed by atoms with Gasteiger partial charge >= 0.3 is 0 Å². The Hall–Kier alpha value is -1.91. The van der Waals surface area contributed by atoms with Crippen LogP contribution in [-0.4, -0.2) is 98.3 Å². The van der Waals surface area contributed by atoms with Crippen molar-refractivity contribution in [2.75, 3.05) is 47.4 Å². The monoisotopic (exact) mass is 584 g/mol. The molecule has 1 aliphatic heterocycles. The molecule has 1 aromatic carbocycles. The number of amides is 2. The lowest BCUT2D eigenvalue weighted by Gasteiger charge is -2.39. The number of hydrogen-bond donors (Lipinski definition) is 2. The van der Waals surface area contributed by atoms with Crippen molar-refractivity contribution in [2.45, 2.75) is 70.0 Å². The Morgan fingerprint density at radius 1 is 1.15 bits per heavy atom. The molecule has 1 aliphatic carbocycles. The lowest BCUT2D eigenvalue weighted by atomic mass is 9.92. The van der Waals surface area contributed by atoms with E-state index in [1.54, 1.807) is 6.21 Å². The van der Waals surface area contributed by atoms with E-state index in [1.165, 1.54) is 13.5 Å². The Labute approximate surface area is 245 Å². The van der Waals surface area contributed by atoms with E-state index < -0.39 is 0 Å². The highest BCUT2D eigenvalue weighted by Crippen LogP contribution is 2.28. The highest BCUT2D eigenvalue weighted by Gasteiger charge is 2.38. The SMILES string of the molecule is CO/N=C\C(C)C(=O)N(C1CCCCC1)[C@H]1CCN(NC(=O)[C@@H](Cc2ccc(Cl)cc2)NCCN(C)C)C1.Cl. The summed E-state index contributed by atoms with van der Waals surface area (Å²) in [5.74, 6) is -0.331. The second kappa shape index (κ2) is 17.0. The molecule has 1 saturated carbocycles. The van der Waals surface area contributed by atoms with Crippen molar-refractivity contribution in [1.82, 2.24) is 25.6 Å². The first-order valence-electron chi connectivity index (χ1n) is 13.8. The molecule has 39 heavy (non-hydrogen) atoms. The highest BCUT2D eigenvalue weighted by molar-refractivity contribution is 6.30. The summed E-state index contributed by atoms with van der Waals surface area (Å²) in [7, 11) is 5.52. The number of benzene rings is 1. The van der Waals surface area contributed by atoms with Gasteiger partial charge in [-0.2, -0.15) is 0 Å². The fraction of sp³-hybridized carbons (Fsp3) is 0.679. The van der Waals surface area contributed by atoms with Crippen LogP contribution in [0.25, 0.3) is 0 Å². The fourth-order valence-electron chi connectivity index (χ4n) is 5.35. The molecule has 1 saturated heterocycles. The molecular formula is C28H46Cl2N6O3. The summed E-state index contributed by atoms with van der Waals surface area (Å²) in [5.41, 5.74) is 4.20. The first kappa shape index (κ1) is 33.3. The molecule has 11 heteroatoms. The Kier molecular flexibility index (Phi) is 14.5. The Balaban J connectivity index is 0.00000533. The maximum atomic E-state index is 13.5. The summed E-state index contributed by atoms with van der Waals surface area (Å²) in [6, 6.07) is 7.55. The molecule has 3 rings (SSSR count). The molecule has 2 N–H and O–H groups in total. The Bertz CT molecular complexity index is 911. The van der Waals surface area contributed by atoms with E-state index >= 15 is 0 Å². The molecule has 1 unspecified atom stereocenters. The van der Waals surface area contributed by atoms with E-state index in [-0.39, 0.29) is 48.3 Å². The van der Waals surface area contributed by atoms with Crippen molar-refractivity contribution in [2.24, 2.45) is 11.1 Å². The van der Waals surface area contributed by atoms with Crippen LogP contribution < -0.4 is 10.7 Å². The molecule has 2 aliphatic rings. The van der Waals surface area contributed by atoms with Gasteiger partial charge in [0.2, 0.25) is 5.91 Å². The minimum Gasteiger partial charge on any atom is -0.399 e. The number of hydrazine groups is 1. The first-order valence-corrected chi connectivity index (χ1v) is 14.2. The van der Waals surface area contributed by atoms with Gasteiger partial charge < -0.3 is 20.0 Å². The second-order valence-electron chi connectivity index (χ2n) is 10.8. The molecule has 2 fully saturated rings. The van der Waals surface area contributed by atoms with E-state index in [9.17, 15) is 9.59 Å². The van der Waals surface area contributed by atoms with Gasteiger partial charge in [0.25, 0.3) is 5.91 Å². The molecule has 0 bridgehead atoms. The summed E-state index contributed by atoms with van der Waals surface area (Å²) >= 11 is 6.06. The predicted molar refractivity (Wildman–Crippen MR) is 159 cm³/mol. The van der Waals surface area contributed by atoms with E-state index in [4.69, 9.17) is 16.4 Å². The third-order valence-corrected chi connectivity index (χ3v) is 7.70. The highest BCUT2D eigenvalue weighted by atomic mass is 35.5. The molecule has 1 aromatic rings. The van der Waals surface area contributed by atoms with Gasteiger partial charge in [0.1, 0.15) is 7.11 Å². The van der Waals surface area contributed by atoms with E-state index in [2.05, 4.69) is 25.7 Å². The maximum Gasteiger partial charge on any atom is 0.251 e. The number of oxime groups is 1. The van der Waals surface area contributed by atoms with Crippen LogP contribution in [0, 0.1) is 5.92 Å². The van der Waals surface area contributed by atoms with E-state index in [0.717, 1.165) is 44.2 Å². The Morgan fingerprint density at radius 3 is 2.49 bits per heavy atom. The van der Waals surface area contributed by atoms with Gasteiger partial charge in [-0.1, -0.05) is 48.2 Å². The number of halogens is 2. The molecular weight excluding hydrogens is 539 g/mol. The summed E-state index contributed by atoms with van der Waals surface area (Å²) in [5, 5.41) is 9.92. The van der Waals surface area contributed by atoms with Crippen molar-refractivity contribution in [3.05, 3.63) is 34.9 Å². The molecule has 220 valence electrons. The van der Waals surface area contributed by atoms with Gasteiger partial charge in [0.15, 0.2) is 0 Å². The average molecular weight is 586 g/mol. The normalized spacial score (nSPS) is 20.0. The van der Waals surface area contributed by atoms with Gasteiger partial charge in [-0.05, 0) is 64.4 Å². The zero-order valence-electron chi connectivity index (χ0n) is 23.8. The number of hydrogen-bond acceptors (Lipinski definition) is 7. The first-order chi connectivity index (χ1) is 18.3. The quantitative estimate of drug-likeness (QED) is 0.273. The molecule has 0 aromatic heterocycles. The van der Waals surface area contributed by atoms with E-state index in [0.29, 0.717) is 31.1 Å². The molecule has 1 heterocycles. The topological polar surface area (TPSA) is 89.5 Å². The standard InChI is InChI=1S/C28H45ClN6O3.ClH/c1-21(19-31-38-4)28(37)35(24-8-6-5-7-9-24)25-14-16-34(20-25)32-27(36)26(30-15-17-33(2)3)18-22-10-12-23(29)13-11-22;/h10-13,19,21,24-26,30H,5-9,14-18,20H2,1-4H3,(H,32,36);1H/b31-19-;/t21?,25-,26+;/m0./s1. The lowest BCUT2D eigenvalue weighted by molar-refractivity contribution is -0.138. The maximum absolute atomic E-state index is 13.5. The number of nitrogens with one attached hydrogen (secondary N) is 2. The van der Waals surface area contributed by atoms with E-state index in [1.807, 2.05) is 50.3 Å². The summed E-state index contributed by atoms with van der Waals surface area (Å²) in [6.45, 7) is 4.73. The van der Waals surface area contributed by atoms with Crippen molar-refractivity contribution < 1.29 is 14.4 Å². The lowest BCUT2D eigenvalue weighted by Crippen LogP contribution is -2.54. The fourth-order valence-corrected chi connectivity index (χ4v) is 5.47. The van der Waals surface area contributed by atoms with Crippen LogP contribution in [0.1, 0.15) is 51.0 Å². The van der Waals surface area contributed by atoms with Gasteiger partial charge in [-0.3, -0.25) is 15.0 Å². The zero-order valence-corrected chi connectivity index (χ0v) is 25.3. The Morgan fingerprint density at radius 2 is 1.85 bits per heavy atom. The summed E-state index contributed by atoms with van der Waals surface area (Å²) in [6.07, 6.45) is 8.54. The smallest absolute Gasteiger partial charge is 0.251 e. The van der Waals surface area contributed by atoms with Crippen molar-refractivity contribution in [3.63, 3.8) is 0 Å². The van der Waals surface area contributed by atoms with Crippen molar-refractivity contribution >= 4 is 42.0 Å². The third-order valence-electron chi connectivity index (χ3n) is 7.45. The number of carbonyl (C=O) groups is 2.